The Kier molecular flexibility index (Phi) is 27.9. The molecule has 0 fully saturated rings. The molecule has 0 spiro atoms. The maximum atomic E-state index is 3.42. The molecule has 0 bridgehead atoms. The molecule has 0 aromatic rings. The van der Waals surface area contributed by atoms with E-state index in [9.17, 15) is 0 Å². The van der Waals surface area contributed by atoms with E-state index in [1.54, 1.807) is 0 Å². The topological polar surface area (TPSA) is 0 Å². The molecule has 26 valence electrons. The molecule has 0 rings (SSSR count). The zero-order chi connectivity index (χ0) is 2.71. The molecule has 0 aliphatic carbocycles. The molecule has 0 aromatic carbocycles. The molecular formula is C3H10Si. The zero-order valence-electron chi connectivity index (χ0n) is 2.28. The third-order valence-electron chi connectivity index (χ3n) is 0. The van der Waals surface area contributed by atoms with E-state index in [1.165, 1.54) is 0 Å². The van der Waals surface area contributed by atoms with Gasteiger partial charge in [0.1, 0.15) is 0 Å². The summed E-state index contributed by atoms with van der Waals surface area (Å²) < 4.78 is 0. The van der Waals surface area contributed by atoms with Crippen LogP contribution in [0.2, 0.25) is 0 Å². The van der Waals surface area contributed by atoms with Crippen molar-refractivity contribution in [2.24, 2.45) is 0 Å². The summed E-state index contributed by atoms with van der Waals surface area (Å²) in [6, 6.07) is 0. The average Bonchev–Trinajstić information content (AvgIpc) is 0.918. The zero-order valence-corrected chi connectivity index (χ0v) is 4.28. The highest BCUT2D eigenvalue weighted by molar-refractivity contribution is 6.16. The van der Waals surface area contributed by atoms with Crippen molar-refractivity contribution < 1.29 is 0 Å². The second-order valence-electron chi connectivity index (χ2n) is 0.408. The average molecular weight is 74.2 g/mol. The molecule has 4 heavy (non-hydrogen) atoms. The summed E-state index contributed by atoms with van der Waals surface area (Å²) in [6.45, 7) is 3.42. The van der Waals surface area contributed by atoms with Crippen LogP contribution in [0.1, 0.15) is 7.43 Å². The first-order valence-electron chi connectivity index (χ1n) is 0.986. The molecule has 0 aromatic heterocycles. The van der Waals surface area contributed by atoms with Gasteiger partial charge in [-0.05, 0) is 0 Å². The van der Waals surface area contributed by atoms with Crippen molar-refractivity contribution in [2.75, 3.05) is 0 Å². The summed E-state index contributed by atoms with van der Waals surface area (Å²) in [5, 5.41) is 0. The summed E-state index contributed by atoms with van der Waals surface area (Å²) in [5.41, 5.74) is 1.89. The van der Waals surface area contributed by atoms with Crippen molar-refractivity contribution in [2.45, 2.75) is 7.43 Å². The summed E-state index contributed by atoms with van der Waals surface area (Å²) in [4.78, 5) is 0. The van der Waals surface area contributed by atoms with Crippen molar-refractivity contribution in [3.8, 4) is 0 Å². The van der Waals surface area contributed by atoms with Crippen LogP contribution in [0.5, 0.6) is 0 Å². The second kappa shape index (κ2) is 12.4. The maximum Gasteiger partial charge on any atom is 0.0283 e. The molecule has 0 atom stereocenters. The summed E-state index contributed by atoms with van der Waals surface area (Å²) in [5.74, 6) is 0. The van der Waals surface area contributed by atoms with Crippen molar-refractivity contribution in [3.63, 3.8) is 0 Å². The van der Waals surface area contributed by atoms with Gasteiger partial charge in [-0.3, -0.25) is 0 Å². The van der Waals surface area contributed by atoms with Crippen LogP contribution in [-0.4, -0.2) is 10.2 Å². The fourth-order valence-corrected chi connectivity index (χ4v) is 0. The lowest BCUT2D eigenvalue weighted by Gasteiger charge is -1.29. The molecular weight excluding hydrogens is 64.1 g/mol. The Balaban J connectivity index is 0. The predicted octanol–water partition coefficient (Wildman–Crippen LogP) is 0.131. The Morgan fingerprint density at radius 3 is 1.75 bits per heavy atom. The van der Waals surface area contributed by atoms with E-state index in [4.69, 9.17) is 0 Å². The van der Waals surface area contributed by atoms with Crippen LogP contribution < -0.4 is 0 Å². The van der Waals surface area contributed by atoms with Crippen LogP contribution in [0.15, 0.2) is 12.3 Å². The Bertz CT molecular complexity index is 10.8. The molecule has 0 nitrogen and oxygen atoms in total. The summed E-state index contributed by atoms with van der Waals surface area (Å²) in [7, 11) is 1.13. The minimum atomic E-state index is 0. The lowest BCUT2D eigenvalue weighted by atomic mass is 11.3. The summed E-state index contributed by atoms with van der Waals surface area (Å²) in [6.07, 6.45) is 0. The highest BCUT2D eigenvalue weighted by Gasteiger charge is 1.16. The Morgan fingerprint density at radius 2 is 1.75 bits per heavy atom. The Hall–Kier alpha value is -0.0431. The maximum absolute atomic E-state index is 3.42. The van der Waals surface area contributed by atoms with Gasteiger partial charge in [-0.25, -0.2) is 0 Å². The van der Waals surface area contributed by atoms with Crippen LogP contribution in [-0.2, 0) is 0 Å². The SMILES string of the molecule is C.C=C[SiH3]. The lowest BCUT2D eigenvalue weighted by molar-refractivity contribution is 2.50. The van der Waals surface area contributed by atoms with Gasteiger partial charge in [0.05, 0.1) is 0 Å². The van der Waals surface area contributed by atoms with Gasteiger partial charge in [0.25, 0.3) is 0 Å². The minimum absolute atomic E-state index is 0. The predicted molar refractivity (Wildman–Crippen MR) is 26.9 cm³/mol. The Morgan fingerprint density at radius 1 is 1.75 bits per heavy atom. The van der Waals surface area contributed by atoms with Crippen molar-refractivity contribution in [3.05, 3.63) is 12.3 Å². The molecule has 0 amide bonds. The highest BCUT2D eigenvalue weighted by Crippen LogP contribution is 1.24. The van der Waals surface area contributed by atoms with E-state index in [1.807, 2.05) is 5.70 Å². The first-order chi connectivity index (χ1) is 1.41. The van der Waals surface area contributed by atoms with Gasteiger partial charge in [0, 0.05) is 10.2 Å². The molecule has 0 aliphatic heterocycles. The van der Waals surface area contributed by atoms with Gasteiger partial charge in [-0.15, -0.1) is 12.3 Å². The van der Waals surface area contributed by atoms with Crippen LogP contribution in [0.25, 0.3) is 0 Å². The molecule has 0 unspecified atom stereocenters. The third-order valence-corrected chi connectivity index (χ3v) is 0. The monoisotopic (exact) mass is 74.1 g/mol. The molecule has 0 aliphatic rings. The molecule has 0 saturated heterocycles. The summed E-state index contributed by atoms with van der Waals surface area (Å²) >= 11 is 0. The van der Waals surface area contributed by atoms with Crippen LogP contribution >= 0.6 is 0 Å². The van der Waals surface area contributed by atoms with E-state index < -0.39 is 0 Å². The number of rotatable bonds is 0. The van der Waals surface area contributed by atoms with Gasteiger partial charge in [-0.2, -0.15) is 0 Å². The van der Waals surface area contributed by atoms with Gasteiger partial charge in [0.2, 0.25) is 0 Å². The van der Waals surface area contributed by atoms with E-state index in [2.05, 4.69) is 6.58 Å². The first kappa shape index (κ1) is 9.03. The minimum Gasteiger partial charge on any atom is -0.112 e. The molecule has 0 heterocycles. The van der Waals surface area contributed by atoms with Crippen molar-refractivity contribution in [1.82, 2.24) is 0 Å². The van der Waals surface area contributed by atoms with E-state index in [-0.39, 0.29) is 7.43 Å². The fourth-order valence-electron chi connectivity index (χ4n) is 0. The molecule has 1 heteroatoms. The van der Waals surface area contributed by atoms with Crippen LogP contribution in [0, 0.1) is 0 Å². The van der Waals surface area contributed by atoms with Gasteiger partial charge >= 0.3 is 0 Å². The largest absolute Gasteiger partial charge is 0.112 e. The normalized spacial score (nSPS) is 4.00. The molecule has 0 N–H and O–H groups in total. The van der Waals surface area contributed by atoms with Crippen LogP contribution in [0.3, 0.4) is 0 Å². The standard InChI is InChI=1S/C2H6Si.CH4/c1-2-3;/h2H,1H2,3H3;1H4. The van der Waals surface area contributed by atoms with E-state index in [0.717, 1.165) is 10.2 Å². The van der Waals surface area contributed by atoms with Gasteiger partial charge < -0.3 is 0 Å². The number of hydrogen-bond donors (Lipinski definition) is 0. The lowest BCUT2D eigenvalue weighted by Crippen LogP contribution is -1.29. The van der Waals surface area contributed by atoms with Gasteiger partial charge in [0.15, 0.2) is 0 Å². The fraction of sp³-hybridized carbons (Fsp3) is 0.333. The van der Waals surface area contributed by atoms with Crippen molar-refractivity contribution >= 4 is 10.2 Å². The first-order valence-corrected chi connectivity index (χ1v) is 2.14. The van der Waals surface area contributed by atoms with Crippen LogP contribution in [0.4, 0.5) is 0 Å². The van der Waals surface area contributed by atoms with E-state index >= 15 is 0 Å². The smallest absolute Gasteiger partial charge is 0.0283 e. The Labute approximate surface area is 31.0 Å². The van der Waals surface area contributed by atoms with Crippen molar-refractivity contribution in [1.29, 1.82) is 0 Å². The van der Waals surface area contributed by atoms with Gasteiger partial charge in [-0.1, -0.05) is 7.43 Å². The quantitative estimate of drug-likeness (QED) is 0.358. The third kappa shape index (κ3) is 964. The molecule has 0 saturated carbocycles. The van der Waals surface area contributed by atoms with E-state index in [0.29, 0.717) is 0 Å². The second-order valence-corrected chi connectivity index (χ2v) is 1.22. The molecule has 0 radical (unpaired) electrons. The highest BCUT2D eigenvalue weighted by atomic mass is 28.1. The number of hydrogen-bond acceptors (Lipinski definition) is 0.